The highest BCUT2D eigenvalue weighted by Crippen LogP contribution is 2.40. The van der Waals surface area contributed by atoms with Gasteiger partial charge in [0, 0.05) is 10.6 Å². The summed E-state index contributed by atoms with van der Waals surface area (Å²) in [5.74, 6) is 0.165. The Hall–Kier alpha value is -1.76. The van der Waals surface area contributed by atoms with Crippen LogP contribution in [0.15, 0.2) is 18.2 Å². The van der Waals surface area contributed by atoms with Crippen LogP contribution in [-0.4, -0.2) is 18.6 Å². The van der Waals surface area contributed by atoms with E-state index >= 15 is 0 Å². The summed E-state index contributed by atoms with van der Waals surface area (Å²) in [4.78, 5) is 26.1. The Bertz CT molecular complexity index is 882. The normalized spacial score (nSPS) is 15.8. The van der Waals surface area contributed by atoms with E-state index in [1.807, 2.05) is 0 Å². The molecule has 0 saturated heterocycles. The van der Waals surface area contributed by atoms with Gasteiger partial charge < -0.3 is 10.1 Å². The number of thiophene rings is 1. The molecule has 1 aromatic heterocycles. The number of carbonyl (C=O) groups is 2. The Morgan fingerprint density at radius 3 is 2.74 bits per heavy atom. The maximum atomic E-state index is 12.5. The van der Waals surface area contributed by atoms with E-state index in [1.165, 1.54) is 11.3 Å². The van der Waals surface area contributed by atoms with Gasteiger partial charge in [0.25, 0.3) is 0 Å². The number of carbonyl (C=O) groups excluding carboxylic acids is 2. The average molecular weight is 427 g/mol. The van der Waals surface area contributed by atoms with Crippen LogP contribution in [0.2, 0.25) is 10.0 Å². The zero-order chi connectivity index (χ0) is 19.6. The van der Waals surface area contributed by atoms with Crippen LogP contribution in [0.4, 0.5) is 15.5 Å². The number of hydrogen-bond acceptors (Lipinski definition) is 4. The summed E-state index contributed by atoms with van der Waals surface area (Å²) in [6.07, 6.45) is 2.74. The van der Waals surface area contributed by atoms with E-state index in [1.54, 1.807) is 25.1 Å². The molecule has 5 nitrogen and oxygen atoms in total. The van der Waals surface area contributed by atoms with Gasteiger partial charge >= 0.3 is 12.0 Å². The molecule has 144 valence electrons. The third-order valence-electron chi connectivity index (χ3n) is 4.40. The summed E-state index contributed by atoms with van der Waals surface area (Å²) >= 11 is 13.3. The number of halogens is 2. The van der Waals surface area contributed by atoms with E-state index in [0.717, 1.165) is 29.7 Å². The molecule has 1 aliphatic carbocycles. The molecule has 8 heteroatoms. The topological polar surface area (TPSA) is 67.4 Å². The second-order valence-corrected chi connectivity index (χ2v) is 8.40. The third-order valence-corrected chi connectivity index (χ3v) is 6.30. The zero-order valence-corrected chi connectivity index (χ0v) is 17.4. The molecule has 0 aliphatic heterocycles. The lowest BCUT2D eigenvalue weighted by atomic mass is 9.88. The molecule has 0 spiro atoms. The van der Waals surface area contributed by atoms with Crippen LogP contribution < -0.4 is 10.6 Å². The van der Waals surface area contributed by atoms with Crippen molar-refractivity contribution in [3.8, 4) is 0 Å². The summed E-state index contributed by atoms with van der Waals surface area (Å²) in [7, 11) is 0. The van der Waals surface area contributed by atoms with Crippen LogP contribution in [0, 0.1) is 5.92 Å². The molecular weight excluding hydrogens is 407 g/mol. The predicted octanol–water partition coefficient (Wildman–Crippen LogP) is 6.00. The highest BCUT2D eigenvalue weighted by atomic mass is 35.5. The number of anilines is 2. The van der Waals surface area contributed by atoms with E-state index in [4.69, 9.17) is 27.9 Å². The minimum absolute atomic E-state index is 0.286. The number of hydrogen-bond donors (Lipinski definition) is 2. The summed E-state index contributed by atoms with van der Waals surface area (Å²) in [5.41, 5.74) is 1.99. The monoisotopic (exact) mass is 426 g/mol. The molecule has 1 atom stereocenters. The number of urea groups is 1. The number of fused-ring (bicyclic) bond motifs is 1. The van der Waals surface area contributed by atoms with Gasteiger partial charge in [-0.15, -0.1) is 11.3 Å². The van der Waals surface area contributed by atoms with Crippen molar-refractivity contribution >= 4 is 57.2 Å². The Labute approximate surface area is 172 Å². The molecule has 2 amide bonds. The molecule has 1 aliphatic rings. The number of ether oxygens (including phenoxy) is 1. The lowest BCUT2D eigenvalue weighted by Gasteiger charge is -2.18. The molecular formula is C19H20Cl2N2O3S. The lowest BCUT2D eigenvalue weighted by Crippen LogP contribution is -2.21. The third kappa shape index (κ3) is 4.57. The second-order valence-electron chi connectivity index (χ2n) is 6.48. The Morgan fingerprint density at radius 1 is 1.26 bits per heavy atom. The van der Waals surface area contributed by atoms with Gasteiger partial charge in [0.1, 0.15) is 5.00 Å². The number of rotatable bonds is 4. The van der Waals surface area contributed by atoms with Crippen molar-refractivity contribution in [3.63, 3.8) is 0 Å². The molecule has 0 unspecified atom stereocenters. The van der Waals surface area contributed by atoms with E-state index < -0.39 is 12.0 Å². The lowest BCUT2D eigenvalue weighted by molar-refractivity contribution is 0.0526. The van der Waals surface area contributed by atoms with Gasteiger partial charge in [0.05, 0.1) is 22.2 Å². The van der Waals surface area contributed by atoms with Gasteiger partial charge in [0.15, 0.2) is 0 Å². The summed E-state index contributed by atoms with van der Waals surface area (Å²) < 4.78 is 5.21. The fraction of sp³-hybridized carbons (Fsp3) is 0.368. The minimum atomic E-state index is -0.453. The number of benzene rings is 1. The minimum Gasteiger partial charge on any atom is -0.462 e. The van der Waals surface area contributed by atoms with Gasteiger partial charge in [-0.1, -0.05) is 30.1 Å². The molecule has 0 fully saturated rings. The first kappa shape index (κ1) is 20.0. The molecule has 0 bridgehead atoms. The van der Waals surface area contributed by atoms with Gasteiger partial charge in [-0.2, -0.15) is 0 Å². The van der Waals surface area contributed by atoms with Crippen LogP contribution >= 0.6 is 34.5 Å². The summed E-state index contributed by atoms with van der Waals surface area (Å²) in [6.45, 7) is 4.24. The molecule has 2 N–H and O–H groups in total. The maximum Gasteiger partial charge on any atom is 0.341 e. The van der Waals surface area contributed by atoms with Crippen molar-refractivity contribution in [1.82, 2.24) is 0 Å². The molecule has 27 heavy (non-hydrogen) atoms. The van der Waals surface area contributed by atoms with Crippen LogP contribution in [0.3, 0.4) is 0 Å². The first-order chi connectivity index (χ1) is 12.9. The van der Waals surface area contributed by atoms with Gasteiger partial charge in [-0.25, -0.2) is 9.59 Å². The Kier molecular flexibility index (Phi) is 6.29. The second kappa shape index (κ2) is 8.50. The summed E-state index contributed by atoms with van der Waals surface area (Å²) in [6, 6.07) is 4.37. The predicted molar refractivity (Wildman–Crippen MR) is 111 cm³/mol. The largest absolute Gasteiger partial charge is 0.462 e. The van der Waals surface area contributed by atoms with Crippen LogP contribution in [0.25, 0.3) is 0 Å². The molecule has 3 rings (SSSR count). The Balaban J connectivity index is 1.83. The zero-order valence-electron chi connectivity index (χ0n) is 15.0. The highest BCUT2D eigenvalue weighted by Gasteiger charge is 2.29. The van der Waals surface area contributed by atoms with Crippen LogP contribution in [-0.2, 0) is 17.6 Å². The van der Waals surface area contributed by atoms with E-state index in [0.29, 0.717) is 32.2 Å². The average Bonchev–Trinajstić information content (AvgIpc) is 2.95. The molecule has 1 aromatic carbocycles. The molecule has 0 saturated carbocycles. The number of amides is 2. The molecule has 1 heterocycles. The fourth-order valence-corrected chi connectivity index (χ4v) is 4.79. The van der Waals surface area contributed by atoms with E-state index in [2.05, 4.69) is 17.6 Å². The van der Waals surface area contributed by atoms with Crippen molar-refractivity contribution in [2.24, 2.45) is 5.92 Å². The van der Waals surface area contributed by atoms with Gasteiger partial charge in [-0.3, -0.25) is 5.32 Å². The van der Waals surface area contributed by atoms with Crippen molar-refractivity contribution < 1.29 is 14.3 Å². The summed E-state index contributed by atoms with van der Waals surface area (Å²) in [5, 5.41) is 6.78. The van der Waals surface area contributed by atoms with Gasteiger partial charge in [0.2, 0.25) is 0 Å². The SMILES string of the molecule is CCOC(=O)c1c(NC(=O)Nc2ccc(Cl)c(Cl)c2)sc2c1CC[C@H](C)C2. The highest BCUT2D eigenvalue weighted by molar-refractivity contribution is 7.17. The van der Waals surface area contributed by atoms with Crippen LogP contribution in [0.1, 0.15) is 41.1 Å². The fourth-order valence-electron chi connectivity index (χ4n) is 3.10. The van der Waals surface area contributed by atoms with Crippen LogP contribution in [0.5, 0.6) is 0 Å². The van der Waals surface area contributed by atoms with Crippen molar-refractivity contribution in [2.45, 2.75) is 33.1 Å². The van der Waals surface area contributed by atoms with E-state index in [9.17, 15) is 9.59 Å². The Morgan fingerprint density at radius 2 is 2.04 bits per heavy atom. The van der Waals surface area contributed by atoms with E-state index in [-0.39, 0.29) is 6.61 Å². The number of nitrogens with one attached hydrogen (secondary N) is 2. The first-order valence-electron chi connectivity index (χ1n) is 8.73. The first-order valence-corrected chi connectivity index (χ1v) is 10.3. The quantitative estimate of drug-likeness (QED) is 0.588. The van der Waals surface area contributed by atoms with Crippen molar-refractivity contribution in [2.75, 3.05) is 17.2 Å². The van der Waals surface area contributed by atoms with Crippen molar-refractivity contribution in [1.29, 1.82) is 0 Å². The maximum absolute atomic E-state index is 12.5. The van der Waals surface area contributed by atoms with Crippen molar-refractivity contribution in [3.05, 3.63) is 44.2 Å². The standard InChI is InChI=1S/C19H20Cl2N2O3S/c1-3-26-18(24)16-12-6-4-10(2)8-15(12)27-17(16)23-19(25)22-11-5-7-13(20)14(21)9-11/h5,7,9-10H,3-4,6,8H2,1-2H3,(H2,22,23,25)/t10-/m0/s1. The molecule has 2 aromatic rings. The smallest absolute Gasteiger partial charge is 0.341 e. The number of esters is 1. The molecule has 0 radical (unpaired) electrons. The van der Waals surface area contributed by atoms with Gasteiger partial charge in [-0.05, 0) is 55.9 Å².